The Morgan fingerprint density at radius 2 is 1.75 bits per heavy atom. The van der Waals surface area contributed by atoms with Gasteiger partial charge in [-0.2, -0.15) is 0 Å². The van der Waals surface area contributed by atoms with Crippen molar-refractivity contribution >= 4 is 5.91 Å². The summed E-state index contributed by atoms with van der Waals surface area (Å²) in [5.41, 5.74) is 2.10. The third kappa shape index (κ3) is 4.88. The number of rotatable bonds is 7. The largest absolute Gasteiger partial charge is 0.496 e. The molecule has 1 atom stereocenters. The highest BCUT2D eigenvalue weighted by Crippen LogP contribution is 2.23. The number of halogens is 1. The molecule has 3 rings (SSSR count). The highest BCUT2D eigenvalue weighted by atomic mass is 19.1. The van der Waals surface area contributed by atoms with Gasteiger partial charge in [-0.3, -0.25) is 4.79 Å². The summed E-state index contributed by atoms with van der Waals surface area (Å²) in [6.07, 6.45) is 0. The molecular weight excluding hydrogens is 357 g/mol. The zero-order valence-electron chi connectivity index (χ0n) is 15.8. The van der Waals surface area contributed by atoms with Crippen molar-refractivity contribution in [3.8, 4) is 11.5 Å². The fourth-order valence-corrected chi connectivity index (χ4v) is 2.83. The van der Waals surface area contributed by atoms with Crippen LogP contribution in [0.1, 0.15) is 34.5 Å². The maximum atomic E-state index is 13.1. The molecule has 3 aromatic rings. The lowest BCUT2D eigenvalue weighted by molar-refractivity contribution is 0.0939. The van der Waals surface area contributed by atoms with E-state index in [9.17, 15) is 9.18 Å². The van der Waals surface area contributed by atoms with Crippen LogP contribution in [0.4, 0.5) is 4.39 Å². The van der Waals surface area contributed by atoms with E-state index in [1.807, 2.05) is 37.3 Å². The molecule has 28 heavy (non-hydrogen) atoms. The second-order valence-corrected chi connectivity index (χ2v) is 6.38. The van der Waals surface area contributed by atoms with Gasteiger partial charge in [0.25, 0.3) is 5.91 Å². The minimum Gasteiger partial charge on any atom is -0.496 e. The average molecular weight is 379 g/mol. The predicted molar refractivity (Wildman–Crippen MR) is 106 cm³/mol. The number of para-hydroxylation sites is 1. The molecule has 1 N–H and O–H groups in total. The van der Waals surface area contributed by atoms with E-state index in [1.54, 1.807) is 37.4 Å². The molecule has 0 fully saturated rings. The molecule has 5 heteroatoms. The van der Waals surface area contributed by atoms with Crippen LogP contribution in [0.25, 0.3) is 0 Å². The minimum absolute atomic E-state index is 0.222. The molecule has 0 unspecified atom stereocenters. The van der Waals surface area contributed by atoms with Gasteiger partial charge >= 0.3 is 0 Å². The number of amides is 1. The number of hydrogen-bond acceptors (Lipinski definition) is 3. The van der Waals surface area contributed by atoms with Gasteiger partial charge in [-0.05, 0) is 55.0 Å². The lowest BCUT2D eigenvalue weighted by atomic mass is 10.1. The van der Waals surface area contributed by atoms with Gasteiger partial charge in [-0.1, -0.05) is 30.3 Å². The Hall–Kier alpha value is -3.34. The molecule has 144 valence electrons. The van der Waals surface area contributed by atoms with Gasteiger partial charge in [0.1, 0.15) is 23.9 Å². The second kappa shape index (κ2) is 9.04. The molecule has 0 saturated heterocycles. The third-order valence-electron chi connectivity index (χ3n) is 4.40. The van der Waals surface area contributed by atoms with Crippen molar-refractivity contribution in [3.05, 3.63) is 95.3 Å². The summed E-state index contributed by atoms with van der Waals surface area (Å²) in [6.45, 7) is 2.13. The maximum absolute atomic E-state index is 13.1. The van der Waals surface area contributed by atoms with Crippen LogP contribution >= 0.6 is 0 Å². The normalized spacial score (nSPS) is 11.5. The van der Waals surface area contributed by atoms with E-state index in [0.717, 1.165) is 16.9 Å². The molecule has 1 amide bonds. The summed E-state index contributed by atoms with van der Waals surface area (Å²) >= 11 is 0. The first-order valence-electron chi connectivity index (χ1n) is 8.98. The van der Waals surface area contributed by atoms with Crippen LogP contribution in [-0.2, 0) is 6.61 Å². The number of methoxy groups -OCH3 is 1. The van der Waals surface area contributed by atoms with Gasteiger partial charge in [0.15, 0.2) is 0 Å². The number of ether oxygens (including phenoxy) is 2. The summed E-state index contributed by atoms with van der Waals surface area (Å²) < 4.78 is 24.2. The first-order chi connectivity index (χ1) is 13.6. The Bertz CT molecular complexity index is 926. The minimum atomic E-state index is -0.305. The Kier molecular flexibility index (Phi) is 6.27. The number of benzene rings is 3. The monoisotopic (exact) mass is 379 g/mol. The van der Waals surface area contributed by atoms with Crippen LogP contribution in [0, 0.1) is 5.82 Å². The van der Waals surface area contributed by atoms with Gasteiger partial charge in [-0.25, -0.2) is 4.39 Å². The number of carbonyl (C=O) groups excluding carboxylic acids is 1. The third-order valence-corrected chi connectivity index (χ3v) is 4.40. The number of hydrogen-bond donors (Lipinski definition) is 1. The molecule has 0 spiro atoms. The highest BCUT2D eigenvalue weighted by molar-refractivity contribution is 5.94. The van der Waals surface area contributed by atoms with E-state index in [1.165, 1.54) is 12.1 Å². The Labute approximate surface area is 163 Å². The van der Waals surface area contributed by atoms with Crippen molar-refractivity contribution in [1.82, 2.24) is 5.32 Å². The fraction of sp³-hybridized carbons (Fsp3) is 0.174. The average Bonchev–Trinajstić information content (AvgIpc) is 2.73. The molecule has 0 aliphatic rings. The van der Waals surface area contributed by atoms with Crippen LogP contribution in [0.5, 0.6) is 11.5 Å². The quantitative estimate of drug-likeness (QED) is 0.635. The number of carbonyl (C=O) groups is 1. The Morgan fingerprint density at radius 1 is 1.04 bits per heavy atom. The summed E-state index contributed by atoms with van der Waals surface area (Å²) in [7, 11) is 1.58. The van der Waals surface area contributed by atoms with Crippen molar-refractivity contribution in [1.29, 1.82) is 0 Å². The summed E-state index contributed by atoms with van der Waals surface area (Å²) in [5, 5.41) is 2.93. The van der Waals surface area contributed by atoms with E-state index in [4.69, 9.17) is 9.47 Å². The second-order valence-electron chi connectivity index (χ2n) is 6.38. The summed E-state index contributed by atoms with van der Waals surface area (Å²) in [4.78, 5) is 12.7. The van der Waals surface area contributed by atoms with Gasteiger partial charge in [0, 0.05) is 11.1 Å². The topological polar surface area (TPSA) is 47.6 Å². The summed E-state index contributed by atoms with van der Waals surface area (Å²) in [5.74, 6) is 0.865. The van der Waals surface area contributed by atoms with Crippen molar-refractivity contribution in [2.24, 2.45) is 0 Å². The first-order valence-corrected chi connectivity index (χ1v) is 8.98. The molecular formula is C23H22FNO3. The molecule has 0 bridgehead atoms. The van der Waals surface area contributed by atoms with Crippen LogP contribution < -0.4 is 14.8 Å². The Morgan fingerprint density at radius 3 is 2.43 bits per heavy atom. The van der Waals surface area contributed by atoms with Gasteiger partial charge in [0.05, 0.1) is 13.2 Å². The molecule has 4 nitrogen and oxygen atoms in total. The molecule has 0 aliphatic carbocycles. The van der Waals surface area contributed by atoms with E-state index in [0.29, 0.717) is 11.3 Å². The van der Waals surface area contributed by atoms with Gasteiger partial charge in [0.2, 0.25) is 0 Å². The van der Waals surface area contributed by atoms with Gasteiger partial charge in [-0.15, -0.1) is 0 Å². The van der Waals surface area contributed by atoms with Crippen LogP contribution in [-0.4, -0.2) is 13.0 Å². The van der Waals surface area contributed by atoms with Crippen molar-refractivity contribution in [2.45, 2.75) is 19.6 Å². The van der Waals surface area contributed by atoms with Crippen molar-refractivity contribution in [3.63, 3.8) is 0 Å². The predicted octanol–water partition coefficient (Wildman–Crippen LogP) is 4.90. The molecule has 0 heterocycles. The van der Waals surface area contributed by atoms with Crippen molar-refractivity contribution < 1.29 is 18.7 Å². The highest BCUT2D eigenvalue weighted by Gasteiger charge is 2.14. The molecule has 3 aromatic carbocycles. The lowest BCUT2D eigenvalue weighted by Crippen LogP contribution is -2.26. The van der Waals surface area contributed by atoms with E-state index >= 15 is 0 Å². The molecule has 0 radical (unpaired) electrons. The van der Waals surface area contributed by atoms with E-state index < -0.39 is 0 Å². The fourth-order valence-electron chi connectivity index (χ4n) is 2.83. The van der Waals surface area contributed by atoms with Crippen LogP contribution in [0.2, 0.25) is 0 Å². The SMILES string of the molecule is COc1ccc(C(=O)N[C@@H](C)c2ccc(F)cc2)cc1COc1ccccc1. The maximum Gasteiger partial charge on any atom is 0.251 e. The first kappa shape index (κ1) is 19.4. The molecule has 0 saturated carbocycles. The van der Waals surface area contributed by atoms with E-state index in [-0.39, 0.29) is 24.4 Å². The van der Waals surface area contributed by atoms with Gasteiger partial charge < -0.3 is 14.8 Å². The van der Waals surface area contributed by atoms with Crippen LogP contribution in [0.15, 0.2) is 72.8 Å². The smallest absolute Gasteiger partial charge is 0.251 e. The van der Waals surface area contributed by atoms with E-state index in [2.05, 4.69) is 5.32 Å². The zero-order chi connectivity index (χ0) is 19.9. The molecule has 0 aliphatic heterocycles. The van der Waals surface area contributed by atoms with Crippen molar-refractivity contribution in [2.75, 3.05) is 7.11 Å². The Balaban J connectivity index is 1.72. The summed E-state index contributed by atoms with van der Waals surface area (Å²) in [6, 6.07) is 20.5. The lowest BCUT2D eigenvalue weighted by Gasteiger charge is -2.16. The standard InChI is InChI=1S/C23H22FNO3/c1-16(17-8-11-20(24)12-9-17)25-23(26)18-10-13-22(27-2)19(14-18)15-28-21-6-4-3-5-7-21/h3-14,16H,15H2,1-2H3,(H,25,26)/t16-/m0/s1. The molecule has 0 aromatic heterocycles. The number of nitrogens with one attached hydrogen (secondary N) is 1. The van der Waals surface area contributed by atoms with Crippen LogP contribution in [0.3, 0.4) is 0 Å². The zero-order valence-corrected chi connectivity index (χ0v) is 15.8.